The second-order valence-electron chi connectivity index (χ2n) is 8.83. The second-order valence-corrected chi connectivity index (χ2v) is 8.83. The molecule has 1 N–H and O–H groups in total. The first kappa shape index (κ1) is 21.9. The molecule has 1 aromatic heterocycles. The Bertz CT molecular complexity index is 1060. The van der Waals surface area contributed by atoms with Crippen LogP contribution in [0, 0.1) is 12.8 Å². The SMILES string of the molecule is Cc1cc(OC(=O)Nc2ccccc2)nn1Cc1cc(C2CC2)ccc1OCCC(C)C. The Balaban J connectivity index is 1.46. The third kappa shape index (κ3) is 5.90. The number of ether oxygens (including phenoxy) is 2. The van der Waals surface area contributed by atoms with Crippen molar-refractivity contribution in [3.8, 4) is 11.6 Å². The average molecular weight is 434 g/mol. The molecule has 2 aromatic carbocycles. The molecule has 3 aromatic rings. The minimum Gasteiger partial charge on any atom is -0.493 e. The molecule has 0 spiro atoms. The fraction of sp³-hybridized carbons (Fsp3) is 0.385. The third-order valence-electron chi connectivity index (χ3n) is 5.58. The van der Waals surface area contributed by atoms with E-state index in [0.717, 1.165) is 23.4 Å². The number of aromatic nitrogens is 2. The maximum atomic E-state index is 12.2. The summed E-state index contributed by atoms with van der Waals surface area (Å²) in [6.45, 7) is 7.61. The van der Waals surface area contributed by atoms with Gasteiger partial charge >= 0.3 is 6.09 Å². The molecule has 0 radical (unpaired) electrons. The lowest BCUT2D eigenvalue weighted by atomic mass is 10.1. The fourth-order valence-electron chi connectivity index (χ4n) is 3.55. The van der Waals surface area contributed by atoms with Crippen LogP contribution in [-0.4, -0.2) is 22.5 Å². The van der Waals surface area contributed by atoms with Crippen molar-refractivity contribution in [3.05, 3.63) is 71.4 Å². The largest absolute Gasteiger partial charge is 0.493 e. The predicted molar refractivity (Wildman–Crippen MR) is 126 cm³/mol. The van der Waals surface area contributed by atoms with Crippen LogP contribution in [0.1, 0.15) is 55.8 Å². The molecule has 1 fully saturated rings. The van der Waals surface area contributed by atoms with Crippen molar-refractivity contribution < 1.29 is 14.3 Å². The minimum atomic E-state index is -0.561. The van der Waals surface area contributed by atoms with Gasteiger partial charge in [-0.05, 0) is 67.9 Å². The highest BCUT2D eigenvalue weighted by atomic mass is 16.6. The molecule has 6 nitrogen and oxygen atoms in total. The molecule has 0 aliphatic heterocycles. The summed E-state index contributed by atoms with van der Waals surface area (Å²) in [6, 6.07) is 17.5. The molecule has 1 heterocycles. The van der Waals surface area contributed by atoms with Crippen LogP contribution >= 0.6 is 0 Å². The van der Waals surface area contributed by atoms with E-state index in [1.54, 1.807) is 18.2 Å². The lowest BCUT2D eigenvalue weighted by Gasteiger charge is -2.15. The number of para-hydroxylation sites is 1. The summed E-state index contributed by atoms with van der Waals surface area (Å²) in [5, 5.41) is 7.21. The maximum absolute atomic E-state index is 12.2. The number of rotatable bonds is 9. The molecule has 0 atom stereocenters. The summed E-state index contributed by atoms with van der Waals surface area (Å²) >= 11 is 0. The Hall–Kier alpha value is -3.28. The molecule has 1 amide bonds. The Labute approximate surface area is 189 Å². The zero-order chi connectivity index (χ0) is 22.5. The third-order valence-corrected chi connectivity index (χ3v) is 5.58. The van der Waals surface area contributed by atoms with E-state index in [-0.39, 0.29) is 5.88 Å². The predicted octanol–water partition coefficient (Wildman–Crippen LogP) is 6.15. The first-order valence-corrected chi connectivity index (χ1v) is 11.3. The first-order chi connectivity index (χ1) is 15.5. The number of carbonyl (C=O) groups is 1. The number of carbonyl (C=O) groups excluding carboxylic acids is 1. The van der Waals surface area contributed by atoms with Crippen molar-refractivity contribution in [1.29, 1.82) is 0 Å². The highest BCUT2D eigenvalue weighted by Crippen LogP contribution is 2.41. The van der Waals surface area contributed by atoms with Crippen LogP contribution in [0.15, 0.2) is 54.6 Å². The van der Waals surface area contributed by atoms with Gasteiger partial charge in [0.2, 0.25) is 5.88 Å². The summed E-state index contributed by atoms with van der Waals surface area (Å²) < 4.78 is 13.4. The normalized spacial score (nSPS) is 13.2. The number of nitrogens with zero attached hydrogens (tertiary/aromatic N) is 2. The molecule has 1 aliphatic rings. The molecule has 0 unspecified atom stereocenters. The second kappa shape index (κ2) is 9.90. The molecular formula is C26H31N3O3. The summed E-state index contributed by atoms with van der Waals surface area (Å²) in [6.07, 6.45) is 2.96. The summed E-state index contributed by atoms with van der Waals surface area (Å²) in [5.41, 5.74) is 4.05. The van der Waals surface area contributed by atoms with Gasteiger partial charge in [0.25, 0.3) is 0 Å². The Morgan fingerprint density at radius 1 is 1.16 bits per heavy atom. The highest BCUT2D eigenvalue weighted by molar-refractivity contribution is 5.85. The van der Waals surface area contributed by atoms with Crippen LogP contribution in [0.2, 0.25) is 0 Å². The molecule has 0 saturated heterocycles. The summed E-state index contributed by atoms with van der Waals surface area (Å²) in [7, 11) is 0. The number of nitrogens with one attached hydrogen (secondary N) is 1. The van der Waals surface area contributed by atoms with Crippen LogP contribution in [0.3, 0.4) is 0 Å². The van der Waals surface area contributed by atoms with Crippen molar-refractivity contribution in [2.75, 3.05) is 11.9 Å². The topological polar surface area (TPSA) is 65.4 Å². The number of amides is 1. The number of hydrogen-bond acceptors (Lipinski definition) is 4. The zero-order valence-electron chi connectivity index (χ0n) is 19.0. The van der Waals surface area contributed by atoms with Gasteiger partial charge in [0.05, 0.1) is 13.2 Å². The van der Waals surface area contributed by atoms with E-state index in [0.29, 0.717) is 30.7 Å². The van der Waals surface area contributed by atoms with Crippen molar-refractivity contribution in [2.45, 2.75) is 52.5 Å². The zero-order valence-corrected chi connectivity index (χ0v) is 19.0. The van der Waals surface area contributed by atoms with E-state index in [1.807, 2.05) is 29.8 Å². The first-order valence-electron chi connectivity index (χ1n) is 11.3. The minimum absolute atomic E-state index is 0.275. The van der Waals surface area contributed by atoms with Crippen LogP contribution < -0.4 is 14.8 Å². The van der Waals surface area contributed by atoms with Gasteiger partial charge in [0, 0.05) is 23.0 Å². The van der Waals surface area contributed by atoms with Crippen molar-refractivity contribution >= 4 is 11.8 Å². The lowest BCUT2D eigenvalue weighted by Crippen LogP contribution is -2.17. The Morgan fingerprint density at radius 3 is 2.66 bits per heavy atom. The molecule has 1 saturated carbocycles. The van der Waals surface area contributed by atoms with Gasteiger partial charge in [-0.1, -0.05) is 38.1 Å². The van der Waals surface area contributed by atoms with Crippen LogP contribution in [0.25, 0.3) is 0 Å². The smallest absolute Gasteiger partial charge is 0.418 e. The number of anilines is 1. The van der Waals surface area contributed by atoms with Gasteiger partial charge in [-0.2, -0.15) is 0 Å². The average Bonchev–Trinajstić information content (AvgIpc) is 3.54. The lowest BCUT2D eigenvalue weighted by molar-refractivity contribution is 0.213. The van der Waals surface area contributed by atoms with Crippen LogP contribution in [-0.2, 0) is 6.54 Å². The molecule has 1 aliphatic carbocycles. The Morgan fingerprint density at radius 2 is 1.94 bits per heavy atom. The van der Waals surface area contributed by atoms with E-state index < -0.39 is 6.09 Å². The molecule has 168 valence electrons. The number of hydrogen-bond donors (Lipinski definition) is 1. The monoisotopic (exact) mass is 433 g/mol. The quantitative estimate of drug-likeness (QED) is 0.439. The summed E-state index contributed by atoms with van der Waals surface area (Å²) in [4.78, 5) is 12.2. The van der Waals surface area contributed by atoms with E-state index in [4.69, 9.17) is 9.47 Å². The molecule has 6 heteroatoms. The van der Waals surface area contributed by atoms with Crippen molar-refractivity contribution in [2.24, 2.45) is 5.92 Å². The van der Waals surface area contributed by atoms with Crippen LogP contribution in [0.4, 0.5) is 10.5 Å². The molecule has 4 rings (SSSR count). The molecule has 0 bridgehead atoms. The van der Waals surface area contributed by atoms with Gasteiger partial charge in [-0.25, -0.2) is 4.79 Å². The van der Waals surface area contributed by atoms with Gasteiger partial charge in [0.15, 0.2) is 0 Å². The number of aryl methyl sites for hydroxylation is 1. The fourth-order valence-corrected chi connectivity index (χ4v) is 3.55. The van der Waals surface area contributed by atoms with Gasteiger partial charge in [-0.3, -0.25) is 10.00 Å². The van der Waals surface area contributed by atoms with E-state index >= 15 is 0 Å². The van der Waals surface area contributed by atoms with Gasteiger partial charge in [0.1, 0.15) is 5.75 Å². The summed E-state index contributed by atoms with van der Waals surface area (Å²) in [5.74, 6) is 2.43. The highest BCUT2D eigenvalue weighted by Gasteiger charge is 2.24. The van der Waals surface area contributed by atoms with E-state index in [1.165, 1.54) is 18.4 Å². The standard InChI is InChI=1S/C26H31N3O3/c1-18(2)13-14-31-24-12-11-21(20-9-10-20)16-22(24)17-29-19(3)15-25(28-29)32-26(30)27-23-7-5-4-6-8-23/h4-8,11-12,15-16,18,20H,9-10,13-14,17H2,1-3H3,(H,27,30). The van der Waals surface area contributed by atoms with Gasteiger partial charge in [-0.15, -0.1) is 5.10 Å². The molecular weight excluding hydrogens is 402 g/mol. The maximum Gasteiger partial charge on any atom is 0.418 e. The van der Waals surface area contributed by atoms with E-state index in [9.17, 15) is 4.79 Å². The Kier molecular flexibility index (Phi) is 6.78. The van der Waals surface area contributed by atoms with Crippen LogP contribution in [0.5, 0.6) is 11.6 Å². The van der Waals surface area contributed by atoms with E-state index in [2.05, 4.69) is 42.5 Å². The van der Waals surface area contributed by atoms with Gasteiger partial charge < -0.3 is 9.47 Å². The van der Waals surface area contributed by atoms with Crippen molar-refractivity contribution in [3.63, 3.8) is 0 Å². The molecule has 32 heavy (non-hydrogen) atoms. The number of benzene rings is 2. The van der Waals surface area contributed by atoms with Crippen molar-refractivity contribution in [1.82, 2.24) is 9.78 Å².